The zero-order valence-corrected chi connectivity index (χ0v) is 12.3. The van der Waals surface area contributed by atoms with Crippen LogP contribution in [0.5, 0.6) is 0 Å². The van der Waals surface area contributed by atoms with Gasteiger partial charge in [-0.15, -0.1) is 0 Å². The zero-order chi connectivity index (χ0) is 15.4. The van der Waals surface area contributed by atoms with Gasteiger partial charge in [0.05, 0.1) is 4.92 Å². The number of carbonyl (C=O) groups is 1. The third kappa shape index (κ3) is 3.30. The van der Waals surface area contributed by atoms with Gasteiger partial charge in [-0.3, -0.25) is 14.9 Å². The molecule has 1 aliphatic heterocycles. The summed E-state index contributed by atoms with van der Waals surface area (Å²) in [6.45, 7) is 6.26. The van der Waals surface area contributed by atoms with Crippen molar-refractivity contribution in [3.05, 3.63) is 33.9 Å². The number of piperazine rings is 1. The van der Waals surface area contributed by atoms with Gasteiger partial charge in [-0.2, -0.15) is 0 Å². The zero-order valence-electron chi connectivity index (χ0n) is 12.3. The molecule has 1 aliphatic rings. The minimum absolute atomic E-state index is 0.0452. The van der Waals surface area contributed by atoms with Crippen molar-refractivity contribution in [2.45, 2.75) is 19.9 Å². The highest BCUT2D eigenvalue weighted by Crippen LogP contribution is 2.27. The molecule has 0 aromatic heterocycles. The van der Waals surface area contributed by atoms with E-state index in [0.29, 0.717) is 19.6 Å². The Morgan fingerprint density at radius 2 is 2.33 bits per heavy atom. The van der Waals surface area contributed by atoms with Crippen LogP contribution in [0.3, 0.4) is 0 Å². The first-order chi connectivity index (χ1) is 10.0. The predicted octanol–water partition coefficient (Wildman–Crippen LogP) is 0.818. The van der Waals surface area contributed by atoms with Crippen LogP contribution in [0.25, 0.3) is 0 Å². The van der Waals surface area contributed by atoms with Crippen LogP contribution in [0, 0.1) is 17.0 Å². The van der Waals surface area contributed by atoms with Gasteiger partial charge in [0.1, 0.15) is 6.04 Å². The van der Waals surface area contributed by atoms with Crippen LogP contribution in [0.1, 0.15) is 12.5 Å². The van der Waals surface area contributed by atoms with Gasteiger partial charge in [-0.1, -0.05) is 6.07 Å². The van der Waals surface area contributed by atoms with E-state index < -0.39 is 4.92 Å². The van der Waals surface area contributed by atoms with Crippen LogP contribution < -0.4 is 15.5 Å². The number of non-ortho nitro benzene ring substituents is 1. The number of nitrogens with zero attached hydrogens (tertiary/aromatic N) is 2. The molecule has 0 spiro atoms. The first-order valence-electron chi connectivity index (χ1n) is 7.04. The average Bonchev–Trinajstić information content (AvgIpc) is 2.47. The fourth-order valence-electron chi connectivity index (χ4n) is 2.54. The lowest BCUT2D eigenvalue weighted by Crippen LogP contribution is -2.58. The molecule has 21 heavy (non-hydrogen) atoms. The summed E-state index contributed by atoms with van der Waals surface area (Å²) in [4.78, 5) is 24.7. The summed E-state index contributed by atoms with van der Waals surface area (Å²) in [7, 11) is 0. The van der Waals surface area contributed by atoms with E-state index in [0.717, 1.165) is 17.8 Å². The molecule has 0 bridgehead atoms. The molecule has 1 amide bonds. The fraction of sp³-hybridized carbons (Fsp3) is 0.500. The monoisotopic (exact) mass is 292 g/mol. The number of benzene rings is 1. The number of anilines is 1. The van der Waals surface area contributed by atoms with Crippen molar-refractivity contribution in [3.8, 4) is 0 Å². The quantitative estimate of drug-likeness (QED) is 0.633. The Hall–Kier alpha value is -2.15. The number of nitro benzene ring substituents is 1. The molecule has 2 N–H and O–H groups in total. The van der Waals surface area contributed by atoms with Crippen molar-refractivity contribution in [3.63, 3.8) is 0 Å². The Labute approximate surface area is 123 Å². The van der Waals surface area contributed by atoms with Crippen LogP contribution in [-0.4, -0.2) is 43.1 Å². The van der Waals surface area contributed by atoms with E-state index in [1.54, 1.807) is 12.1 Å². The minimum Gasteiger partial charge on any atom is -0.357 e. The van der Waals surface area contributed by atoms with Crippen molar-refractivity contribution in [1.82, 2.24) is 10.6 Å². The Balaban J connectivity index is 2.34. The highest BCUT2D eigenvalue weighted by Gasteiger charge is 2.30. The number of likely N-dealkylation sites (N-methyl/N-ethyl adjacent to an activating group) is 1. The number of carbonyl (C=O) groups excluding carboxylic acids is 1. The Kier molecular flexibility index (Phi) is 4.74. The Bertz CT molecular complexity index is 547. The molecule has 7 nitrogen and oxygen atoms in total. The second-order valence-corrected chi connectivity index (χ2v) is 5.04. The van der Waals surface area contributed by atoms with E-state index in [-0.39, 0.29) is 17.6 Å². The number of hydrogen-bond donors (Lipinski definition) is 2. The van der Waals surface area contributed by atoms with Crippen LogP contribution in [0.4, 0.5) is 11.4 Å². The standard InChI is InChI=1S/C14H20N4O3/c1-3-16-14(19)13-9-15-6-7-17(13)12-8-11(18(20)21)5-4-10(12)2/h4-5,8,13,15H,3,6-7,9H2,1-2H3,(H,16,19). The molecule has 114 valence electrons. The number of nitro groups is 1. The van der Waals surface area contributed by atoms with E-state index in [2.05, 4.69) is 10.6 Å². The highest BCUT2D eigenvalue weighted by atomic mass is 16.6. The maximum atomic E-state index is 12.2. The molecular weight excluding hydrogens is 272 g/mol. The SMILES string of the molecule is CCNC(=O)C1CNCCN1c1cc([N+](=O)[O-])ccc1C. The second-order valence-electron chi connectivity index (χ2n) is 5.04. The highest BCUT2D eigenvalue weighted by molar-refractivity contribution is 5.86. The maximum absolute atomic E-state index is 12.2. The van der Waals surface area contributed by atoms with Crippen molar-refractivity contribution >= 4 is 17.3 Å². The van der Waals surface area contributed by atoms with Gasteiger partial charge in [-0.25, -0.2) is 0 Å². The molecule has 0 radical (unpaired) electrons. The van der Waals surface area contributed by atoms with Gasteiger partial charge in [0, 0.05) is 44.0 Å². The topological polar surface area (TPSA) is 87.5 Å². The van der Waals surface area contributed by atoms with Gasteiger partial charge >= 0.3 is 0 Å². The lowest BCUT2D eigenvalue weighted by atomic mass is 10.1. The summed E-state index contributed by atoms with van der Waals surface area (Å²) >= 11 is 0. The van der Waals surface area contributed by atoms with Gasteiger partial charge in [0.2, 0.25) is 5.91 Å². The molecule has 1 aromatic rings. The molecule has 7 heteroatoms. The molecule has 1 fully saturated rings. The first-order valence-corrected chi connectivity index (χ1v) is 7.04. The first kappa shape index (κ1) is 15.2. The third-order valence-electron chi connectivity index (χ3n) is 3.61. The smallest absolute Gasteiger partial charge is 0.271 e. The van der Waals surface area contributed by atoms with E-state index in [9.17, 15) is 14.9 Å². The minimum atomic E-state index is -0.410. The van der Waals surface area contributed by atoms with Gasteiger partial charge in [-0.05, 0) is 19.4 Å². The molecule has 0 saturated carbocycles. The lowest BCUT2D eigenvalue weighted by Gasteiger charge is -2.37. The maximum Gasteiger partial charge on any atom is 0.271 e. The van der Waals surface area contributed by atoms with E-state index in [1.807, 2.05) is 18.7 Å². The van der Waals surface area contributed by atoms with Crippen molar-refractivity contribution in [2.75, 3.05) is 31.1 Å². The summed E-state index contributed by atoms with van der Waals surface area (Å²) in [6.07, 6.45) is 0. The molecule has 1 saturated heterocycles. The summed E-state index contributed by atoms with van der Waals surface area (Å²) in [6, 6.07) is 4.42. The Morgan fingerprint density at radius 3 is 3.00 bits per heavy atom. The van der Waals surface area contributed by atoms with Gasteiger partial charge in [0.25, 0.3) is 5.69 Å². The van der Waals surface area contributed by atoms with E-state index >= 15 is 0 Å². The lowest BCUT2D eigenvalue weighted by molar-refractivity contribution is -0.384. The van der Waals surface area contributed by atoms with Crippen molar-refractivity contribution in [2.24, 2.45) is 0 Å². The van der Waals surface area contributed by atoms with Crippen molar-refractivity contribution in [1.29, 1.82) is 0 Å². The molecule has 1 aromatic carbocycles. The molecule has 1 heterocycles. The number of amides is 1. The summed E-state index contributed by atoms with van der Waals surface area (Å²) in [5.74, 6) is -0.0596. The van der Waals surface area contributed by atoms with E-state index in [4.69, 9.17) is 0 Å². The van der Waals surface area contributed by atoms with Gasteiger partial charge < -0.3 is 15.5 Å². The average molecular weight is 292 g/mol. The summed E-state index contributed by atoms with van der Waals surface area (Å²) in [5.41, 5.74) is 1.72. The number of hydrogen-bond acceptors (Lipinski definition) is 5. The Morgan fingerprint density at radius 1 is 1.57 bits per heavy atom. The normalized spacial score (nSPS) is 18.4. The number of nitrogens with one attached hydrogen (secondary N) is 2. The molecule has 1 atom stereocenters. The van der Waals surface area contributed by atoms with Crippen LogP contribution >= 0.6 is 0 Å². The predicted molar refractivity (Wildman–Crippen MR) is 80.5 cm³/mol. The summed E-state index contributed by atoms with van der Waals surface area (Å²) < 4.78 is 0. The molecule has 2 rings (SSSR count). The second kappa shape index (κ2) is 6.53. The van der Waals surface area contributed by atoms with E-state index in [1.165, 1.54) is 6.07 Å². The molecule has 0 aliphatic carbocycles. The largest absolute Gasteiger partial charge is 0.357 e. The molecular formula is C14H20N4O3. The van der Waals surface area contributed by atoms with Crippen molar-refractivity contribution < 1.29 is 9.72 Å². The summed E-state index contributed by atoms with van der Waals surface area (Å²) in [5, 5.41) is 17.0. The third-order valence-corrected chi connectivity index (χ3v) is 3.61. The van der Waals surface area contributed by atoms with Crippen LogP contribution in [0.2, 0.25) is 0 Å². The van der Waals surface area contributed by atoms with Gasteiger partial charge in [0.15, 0.2) is 0 Å². The van der Waals surface area contributed by atoms with Crippen LogP contribution in [0.15, 0.2) is 18.2 Å². The van der Waals surface area contributed by atoms with Crippen LogP contribution in [-0.2, 0) is 4.79 Å². The number of rotatable bonds is 4. The molecule has 1 unspecified atom stereocenters. The number of aryl methyl sites for hydroxylation is 1. The fourth-order valence-corrected chi connectivity index (χ4v) is 2.54.